The van der Waals surface area contributed by atoms with Crippen LogP contribution in [0.25, 0.3) is 0 Å². The second-order valence-electron chi connectivity index (χ2n) is 6.51. The molecule has 0 atom stereocenters. The van der Waals surface area contributed by atoms with Crippen LogP contribution in [0, 0.1) is 0 Å². The summed E-state index contributed by atoms with van der Waals surface area (Å²) in [4.78, 5) is 2.01. The zero-order chi connectivity index (χ0) is 19.6. The first kappa shape index (κ1) is 19.2. The Labute approximate surface area is 163 Å². The van der Waals surface area contributed by atoms with E-state index in [1.807, 2.05) is 17.0 Å². The topological polar surface area (TPSA) is 102 Å². The molecule has 2 aromatic carbocycles. The lowest BCUT2D eigenvalue weighted by Gasteiger charge is -2.31. The smallest absolute Gasteiger partial charge is 0.229 e. The third-order valence-corrected chi connectivity index (χ3v) is 5.31. The molecule has 1 aliphatic heterocycles. The summed E-state index contributed by atoms with van der Waals surface area (Å²) in [6.07, 6.45) is 1.84. The lowest BCUT2D eigenvalue weighted by molar-refractivity contribution is 0.374. The minimum Gasteiger partial charge on any atom is -0.504 e. The summed E-state index contributed by atoms with van der Waals surface area (Å²) in [6, 6.07) is 10.2. The molecule has 2 aromatic rings. The molecular weight excluding hydrogens is 386 g/mol. The van der Waals surface area contributed by atoms with Crippen molar-refractivity contribution >= 4 is 33.0 Å². The Morgan fingerprint density at radius 2 is 1.78 bits per heavy atom. The Balaban J connectivity index is 1.57. The van der Waals surface area contributed by atoms with Gasteiger partial charge in [0.15, 0.2) is 16.6 Å². The van der Waals surface area contributed by atoms with E-state index in [9.17, 15) is 18.6 Å². The van der Waals surface area contributed by atoms with Crippen LogP contribution >= 0.6 is 12.2 Å². The molecule has 1 heterocycles. The number of nitrogens with one attached hydrogen (secondary N) is 2. The van der Waals surface area contributed by atoms with Crippen LogP contribution in [0.1, 0.15) is 16.7 Å². The van der Waals surface area contributed by atoms with Gasteiger partial charge < -0.3 is 20.4 Å². The standard InChI is InChI=1S/C18H21N3O4S2/c1-27(24,25)20-15-4-2-12(3-5-15)10-19-18(26)21-7-6-13-8-16(22)17(23)9-14(13)11-21/h2-5,8-9,20,22-23H,6-7,10-11H2,1H3,(H,19,26). The lowest BCUT2D eigenvalue weighted by atomic mass is 9.99. The quantitative estimate of drug-likeness (QED) is 0.454. The summed E-state index contributed by atoms with van der Waals surface area (Å²) in [5.41, 5.74) is 3.44. The van der Waals surface area contributed by atoms with Crippen LogP contribution in [-0.4, -0.2) is 41.4 Å². The molecule has 0 saturated carbocycles. The number of thiocarbonyl (C=S) groups is 1. The SMILES string of the molecule is CS(=O)(=O)Nc1ccc(CNC(=S)N2CCc3cc(O)c(O)cc3C2)cc1. The number of anilines is 1. The molecule has 0 aliphatic carbocycles. The van der Waals surface area contributed by atoms with Crippen molar-refractivity contribution in [3.63, 3.8) is 0 Å². The van der Waals surface area contributed by atoms with Gasteiger partial charge in [-0.25, -0.2) is 8.42 Å². The summed E-state index contributed by atoms with van der Waals surface area (Å²) in [7, 11) is -3.29. The molecule has 144 valence electrons. The maximum absolute atomic E-state index is 11.2. The van der Waals surface area contributed by atoms with Gasteiger partial charge >= 0.3 is 0 Å². The van der Waals surface area contributed by atoms with Crippen LogP contribution in [-0.2, 0) is 29.5 Å². The monoisotopic (exact) mass is 407 g/mol. The zero-order valence-corrected chi connectivity index (χ0v) is 16.4. The molecule has 27 heavy (non-hydrogen) atoms. The maximum Gasteiger partial charge on any atom is 0.229 e. The fraction of sp³-hybridized carbons (Fsp3) is 0.278. The molecule has 0 aromatic heterocycles. The van der Waals surface area contributed by atoms with Crippen LogP contribution in [0.5, 0.6) is 11.5 Å². The van der Waals surface area contributed by atoms with Crippen molar-refractivity contribution < 1.29 is 18.6 Å². The van der Waals surface area contributed by atoms with Crippen molar-refractivity contribution in [3.8, 4) is 11.5 Å². The molecule has 0 spiro atoms. The Hall–Kier alpha value is -2.52. The van der Waals surface area contributed by atoms with E-state index >= 15 is 0 Å². The Kier molecular flexibility index (Phi) is 5.43. The van der Waals surface area contributed by atoms with Gasteiger partial charge in [0.05, 0.1) is 6.26 Å². The molecule has 0 radical (unpaired) electrons. The zero-order valence-electron chi connectivity index (χ0n) is 14.8. The summed E-state index contributed by atoms with van der Waals surface area (Å²) in [5, 5.41) is 23.1. The van der Waals surface area contributed by atoms with E-state index in [1.54, 1.807) is 24.3 Å². The molecule has 7 nitrogen and oxygen atoms in total. The molecule has 0 amide bonds. The number of fused-ring (bicyclic) bond motifs is 1. The number of phenolic OH excluding ortho intramolecular Hbond substituents is 2. The fourth-order valence-electron chi connectivity index (χ4n) is 2.95. The number of phenols is 2. The second kappa shape index (κ2) is 7.61. The number of rotatable bonds is 4. The van der Waals surface area contributed by atoms with E-state index < -0.39 is 10.0 Å². The lowest BCUT2D eigenvalue weighted by Crippen LogP contribution is -2.42. The minimum absolute atomic E-state index is 0.100. The Morgan fingerprint density at radius 1 is 1.15 bits per heavy atom. The molecule has 9 heteroatoms. The van der Waals surface area contributed by atoms with Gasteiger partial charge in [0, 0.05) is 25.3 Å². The first-order valence-corrected chi connectivity index (χ1v) is 10.6. The number of hydrogen-bond donors (Lipinski definition) is 4. The third kappa shape index (κ3) is 5.01. The average Bonchev–Trinajstić information content (AvgIpc) is 2.60. The third-order valence-electron chi connectivity index (χ3n) is 4.30. The van der Waals surface area contributed by atoms with E-state index in [4.69, 9.17) is 12.2 Å². The van der Waals surface area contributed by atoms with E-state index in [1.165, 1.54) is 0 Å². The molecule has 0 saturated heterocycles. The van der Waals surface area contributed by atoms with Crippen molar-refractivity contribution in [3.05, 3.63) is 53.1 Å². The first-order chi connectivity index (χ1) is 12.7. The van der Waals surface area contributed by atoms with E-state index in [0.29, 0.717) is 23.9 Å². The van der Waals surface area contributed by atoms with Gasteiger partial charge in [-0.05, 0) is 59.6 Å². The summed E-state index contributed by atoms with van der Waals surface area (Å²) in [5.74, 6) is -0.228. The van der Waals surface area contributed by atoms with Gasteiger partial charge in [-0.1, -0.05) is 12.1 Å². The first-order valence-electron chi connectivity index (χ1n) is 8.34. The maximum atomic E-state index is 11.2. The summed E-state index contributed by atoms with van der Waals surface area (Å²) in [6.45, 7) is 1.80. The van der Waals surface area contributed by atoms with Gasteiger partial charge in [0.25, 0.3) is 0 Å². The number of benzene rings is 2. The van der Waals surface area contributed by atoms with Gasteiger partial charge in [0.2, 0.25) is 10.0 Å². The van der Waals surface area contributed by atoms with Crippen LogP contribution in [0.3, 0.4) is 0 Å². The number of sulfonamides is 1. The summed E-state index contributed by atoms with van der Waals surface area (Å²) >= 11 is 5.47. The largest absolute Gasteiger partial charge is 0.504 e. The van der Waals surface area contributed by atoms with Gasteiger partial charge in [-0.15, -0.1) is 0 Å². The number of hydrogen-bond acceptors (Lipinski definition) is 5. The average molecular weight is 408 g/mol. The highest BCUT2D eigenvalue weighted by atomic mass is 32.2. The van der Waals surface area contributed by atoms with Gasteiger partial charge in [-0.2, -0.15) is 0 Å². The molecule has 0 bridgehead atoms. The van der Waals surface area contributed by atoms with E-state index in [0.717, 1.165) is 35.9 Å². The van der Waals surface area contributed by atoms with E-state index in [-0.39, 0.29) is 11.5 Å². The molecule has 1 aliphatic rings. The Bertz CT molecular complexity index is 959. The van der Waals surface area contributed by atoms with Crippen LogP contribution in [0.15, 0.2) is 36.4 Å². The van der Waals surface area contributed by atoms with Crippen molar-refractivity contribution in [2.45, 2.75) is 19.5 Å². The fourth-order valence-corrected chi connectivity index (χ4v) is 3.74. The van der Waals surface area contributed by atoms with Crippen LogP contribution < -0.4 is 10.0 Å². The van der Waals surface area contributed by atoms with Crippen molar-refractivity contribution in [1.82, 2.24) is 10.2 Å². The number of aromatic hydroxyl groups is 2. The molecule has 0 fully saturated rings. The predicted molar refractivity (Wildman–Crippen MR) is 108 cm³/mol. The van der Waals surface area contributed by atoms with Crippen LogP contribution in [0.4, 0.5) is 5.69 Å². The van der Waals surface area contributed by atoms with E-state index in [2.05, 4.69) is 10.0 Å². The van der Waals surface area contributed by atoms with Crippen molar-refractivity contribution in [2.75, 3.05) is 17.5 Å². The Morgan fingerprint density at radius 3 is 2.41 bits per heavy atom. The molecule has 4 N–H and O–H groups in total. The van der Waals surface area contributed by atoms with Crippen molar-refractivity contribution in [2.24, 2.45) is 0 Å². The van der Waals surface area contributed by atoms with Crippen LogP contribution in [0.2, 0.25) is 0 Å². The van der Waals surface area contributed by atoms with Gasteiger partial charge in [0.1, 0.15) is 0 Å². The molecular formula is C18H21N3O4S2. The number of nitrogens with zero attached hydrogens (tertiary/aromatic N) is 1. The second-order valence-corrected chi connectivity index (χ2v) is 8.65. The normalized spacial score (nSPS) is 13.7. The highest BCUT2D eigenvalue weighted by molar-refractivity contribution is 7.92. The highest BCUT2D eigenvalue weighted by Crippen LogP contribution is 2.31. The molecule has 3 rings (SSSR count). The molecule has 0 unspecified atom stereocenters. The minimum atomic E-state index is -3.29. The van der Waals surface area contributed by atoms with Gasteiger partial charge in [-0.3, -0.25) is 4.72 Å². The predicted octanol–water partition coefficient (Wildman–Crippen LogP) is 1.90. The summed E-state index contributed by atoms with van der Waals surface area (Å²) < 4.78 is 24.9. The van der Waals surface area contributed by atoms with Crippen molar-refractivity contribution in [1.29, 1.82) is 0 Å². The highest BCUT2D eigenvalue weighted by Gasteiger charge is 2.20.